The highest BCUT2D eigenvalue weighted by molar-refractivity contribution is 7.89. The Bertz CT molecular complexity index is 810. The highest BCUT2D eigenvalue weighted by Crippen LogP contribution is 2.50. The minimum absolute atomic E-state index is 0.157. The van der Waals surface area contributed by atoms with E-state index in [1.165, 1.54) is 4.31 Å². The van der Waals surface area contributed by atoms with E-state index in [1.54, 1.807) is 30.5 Å². The maximum atomic E-state index is 12.9. The minimum Gasteiger partial charge on any atom is -0.398 e. The molecule has 0 saturated carbocycles. The molecule has 1 aliphatic heterocycles. The summed E-state index contributed by atoms with van der Waals surface area (Å²) in [6.45, 7) is 4.54. The van der Waals surface area contributed by atoms with Crippen LogP contribution in [0.25, 0.3) is 0 Å². The summed E-state index contributed by atoms with van der Waals surface area (Å²) in [7, 11) is -1.77. The molecule has 1 unspecified atom stereocenters. The summed E-state index contributed by atoms with van der Waals surface area (Å²) in [5, 5.41) is 0. The van der Waals surface area contributed by atoms with Gasteiger partial charge in [-0.1, -0.05) is 26.0 Å². The number of anilines is 1. The lowest BCUT2D eigenvalue weighted by Crippen LogP contribution is -2.58. The first kappa shape index (κ1) is 15.1. The molecule has 0 radical (unpaired) electrons. The molecule has 3 rings (SSSR count). The Morgan fingerprint density at radius 3 is 2.55 bits per heavy atom. The highest BCUT2D eigenvalue weighted by atomic mass is 32.2. The van der Waals surface area contributed by atoms with Crippen LogP contribution in [0.15, 0.2) is 41.6 Å². The van der Waals surface area contributed by atoms with Gasteiger partial charge in [0.1, 0.15) is 10.7 Å². The highest BCUT2D eigenvalue weighted by Gasteiger charge is 2.54. The van der Waals surface area contributed by atoms with Gasteiger partial charge in [-0.05, 0) is 12.1 Å². The summed E-state index contributed by atoms with van der Waals surface area (Å²) in [6.07, 6.45) is 3.51. The third kappa shape index (κ3) is 2.12. The first-order valence-electron chi connectivity index (χ1n) is 7.09. The monoisotopic (exact) mass is 320 g/mol. The van der Waals surface area contributed by atoms with Gasteiger partial charge < -0.3 is 10.3 Å². The van der Waals surface area contributed by atoms with E-state index < -0.39 is 10.0 Å². The number of aromatic nitrogens is 2. The van der Waals surface area contributed by atoms with Crippen molar-refractivity contribution in [3.8, 4) is 0 Å². The van der Waals surface area contributed by atoms with Crippen LogP contribution < -0.4 is 5.73 Å². The molecule has 1 atom stereocenters. The maximum Gasteiger partial charge on any atom is 0.245 e. The van der Waals surface area contributed by atoms with E-state index in [0.717, 1.165) is 5.82 Å². The molecule has 2 heterocycles. The van der Waals surface area contributed by atoms with Crippen molar-refractivity contribution in [3.63, 3.8) is 0 Å². The molecule has 6 nitrogen and oxygen atoms in total. The zero-order valence-corrected chi connectivity index (χ0v) is 13.7. The van der Waals surface area contributed by atoms with Crippen LogP contribution in [0.4, 0.5) is 5.69 Å². The Morgan fingerprint density at radius 2 is 2.00 bits per heavy atom. The quantitative estimate of drug-likeness (QED) is 0.874. The fourth-order valence-electron chi connectivity index (χ4n) is 3.04. The predicted molar refractivity (Wildman–Crippen MR) is 84.5 cm³/mol. The number of imidazole rings is 1. The van der Waals surface area contributed by atoms with Crippen molar-refractivity contribution in [2.45, 2.75) is 24.8 Å². The van der Waals surface area contributed by atoms with Gasteiger partial charge in [-0.15, -0.1) is 0 Å². The van der Waals surface area contributed by atoms with Crippen molar-refractivity contribution < 1.29 is 8.42 Å². The summed E-state index contributed by atoms with van der Waals surface area (Å²) in [5.41, 5.74) is 5.96. The smallest absolute Gasteiger partial charge is 0.245 e. The van der Waals surface area contributed by atoms with Crippen LogP contribution in [-0.2, 0) is 17.1 Å². The first-order valence-corrected chi connectivity index (χ1v) is 8.53. The van der Waals surface area contributed by atoms with Crippen LogP contribution in [0.5, 0.6) is 0 Å². The third-order valence-corrected chi connectivity index (χ3v) is 6.09. The lowest BCUT2D eigenvalue weighted by atomic mass is 9.76. The summed E-state index contributed by atoms with van der Waals surface area (Å²) in [6, 6.07) is 6.27. The number of sulfonamides is 1. The van der Waals surface area contributed by atoms with Crippen LogP contribution in [0, 0.1) is 5.41 Å². The summed E-state index contributed by atoms with van der Waals surface area (Å²) in [5.74, 6) is 0.745. The molecule has 22 heavy (non-hydrogen) atoms. The molecule has 2 N–H and O–H groups in total. The second-order valence-electron chi connectivity index (χ2n) is 6.38. The lowest BCUT2D eigenvalue weighted by molar-refractivity contribution is 0.0120. The molecule has 118 valence electrons. The molecular weight excluding hydrogens is 300 g/mol. The Hall–Kier alpha value is -1.86. The number of nitrogens with two attached hydrogens (primary N) is 1. The van der Waals surface area contributed by atoms with Gasteiger partial charge in [-0.25, -0.2) is 13.4 Å². The van der Waals surface area contributed by atoms with Crippen LogP contribution in [-0.4, -0.2) is 28.8 Å². The lowest BCUT2D eigenvalue weighted by Gasteiger charge is -2.52. The number of nitrogen functional groups attached to an aromatic ring is 1. The molecule has 0 spiro atoms. The maximum absolute atomic E-state index is 12.9. The van der Waals surface area contributed by atoms with Gasteiger partial charge in [0.25, 0.3) is 0 Å². The predicted octanol–water partition coefficient (Wildman–Crippen LogP) is 1.77. The fraction of sp³-hybridized carbons (Fsp3) is 0.400. The SMILES string of the molecule is Cn1ccnc1C1N(S(=O)(=O)c2ccccc2N)CC1(C)C. The number of aryl methyl sites for hydroxylation is 1. The molecule has 2 aromatic rings. The summed E-state index contributed by atoms with van der Waals surface area (Å²) < 4.78 is 29.2. The van der Waals surface area contributed by atoms with E-state index in [2.05, 4.69) is 4.98 Å². The van der Waals surface area contributed by atoms with Crippen molar-refractivity contribution in [2.75, 3.05) is 12.3 Å². The second kappa shape index (κ2) is 4.82. The van der Waals surface area contributed by atoms with Crippen molar-refractivity contribution in [1.29, 1.82) is 0 Å². The number of hydrogen-bond donors (Lipinski definition) is 1. The Balaban J connectivity index is 2.05. The largest absolute Gasteiger partial charge is 0.398 e. The third-order valence-electron chi connectivity index (χ3n) is 4.20. The minimum atomic E-state index is -3.64. The van der Waals surface area contributed by atoms with Gasteiger partial charge in [0.2, 0.25) is 10.0 Å². The van der Waals surface area contributed by atoms with Crippen LogP contribution in [0.1, 0.15) is 25.7 Å². The van der Waals surface area contributed by atoms with Crippen LogP contribution >= 0.6 is 0 Å². The van der Waals surface area contributed by atoms with Crippen LogP contribution in [0.3, 0.4) is 0 Å². The Labute approximate surface area is 130 Å². The number of rotatable bonds is 3. The standard InChI is InChI=1S/C15H20N4O2S/c1-15(2)10-19(13(15)14-17-8-9-18(14)3)22(20,21)12-7-5-4-6-11(12)16/h4-9,13H,10,16H2,1-3H3. The average molecular weight is 320 g/mol. The molecule has 1 fully saturated rings. The van der Waals surface area contributed by atoms with E-state index in [9.17, 15) is 8.42 Å². The van der Waals surface area contributed by atoms with E-state index in [-0.39, 0.29) is 22.0 Å². The topological polar surface area (TPSA) is 81.2 Å². The molecule has 0 aliphatic carbocycles. The fourth-order valence-corrected chi connectivity index (χ4v) is 5.07. The molecule has 1 aromatic carbocycles. The number of para-hydroxylation sites is 1. The molecular formula is C15H20N4O2S. The molecule has 0 bridgehead atoms. The number of hydrogen-bond acceptors (Lipinski definition) is 4. The van der Waals surface area contributed by atoms with Gasteiger partial charge >= 0.3 is 0 Å². The van der Waals surface area contributed by atoms with Crippen molar-refractivity contribution in [3.05, 3.63) is 42.5 Å². The van der Waals surface area contributed by atoms with Gasteiger partial charge in [0.05, 0.1) is 11.7 Å². The van der Waals surface area contributed by atoms with Gasteiger partial charge in [0.15, 0.2) is 0 Å². The first-order chi connectivity index (χ1) is 10.2. The van der Waals surface area contributed by atoms with E-state index in [1.807, 2.05) is 31.7 Å². The Morgan fingerprint density at radius 1 is 1.32 bits per heavy atom. The van der Waals surface area contributed by atoms with Crippen LogP contribution in [0.2, 0.25) is 0 Å². The number of nitrogens with zero attached hydrogens (tertiary/aromatic N) is 3. The van der Waals surface area contributed by atoms with E-state index in [4.69, 9.17) is 5.73 Å². The van der Waals surface area contributed by atoms with Gasteiger partial charge in [-0.3, -0.25) is 0 Å². The average Bonchev–Trinajstić information content (AvgIpc) is 2.82. The molecule has 1 aliphatic rings. The second-order valence-corrected chi connectivity index (χ2v) is 8.23. The van der Waals surface area contributed by atoms with Gasteiger partial charge in [0, 0.05) is 31.4 Å². The zero-order valence-electron chi connectivity index (χ0n) is 12.9. The zero-order chi connectivity index (χ0) is 16.1. The molecule has 1 aromatic heterocycles. The molecule has 1 saturated heterocycles. The molecule has 0 amide bonds. The van der Waals surface area contributed by atoms with Crippen molar-refractivity contribution in [1.82, 2.24) is 13.9 Å². The molecule has 7 heteroatoms. The number of benzene rings is 1. The van der Waals surface area contributed by atoms with E-state index in [0.29, 0.717) is 6.54 Å². The summed E-state index contributed by atoms with van der Waals surface area (Å²) in [4.78, 5) is 4.50. The Kier molecular flexibility index (Phi) is 3.30. The summed E-state index contributed by atoms with van der Waals surface area (Å²) >= 11 is 0. The van der Waals surface area contributed by atoms with Crippen molar-refractivity contribution >= 4 is 15.7 Å². The van der Waals surface area contributed by atoms with E-state index >= 15 is 0 Å². The van der Waals surface area contributed by atoms with Gasteiger partial charge in [-0.2, -0.15) is 4.31 Å². The normalized spacial score (nSPS) is 21.5. The van der Waals surface area contributed by atoms with Crippen molar-refractivity contribution in [2.24, 2.45) is 12.5 Å².